The molecule has 2 fully saturated rings. The summed E-state index contributed by atoms with van der Waals surface area (Å²) in [6, 6.07) is -0.921. The Bertz CT molecular complexity index is 316. The maximum atomic E-state index is 12.0. The molecule has 1 saturated carbocycles. The summed E-state index contributed by atoms with van der Waals surface area (Å²) in [7, 11) is 1.68. The van der Waals surface area contributed by atoms with E-state index in [1.807, 2.05) is 0 Å². The number of aliphatic carboxylic acids is 1. The first-order valence-electron chi connectivity index (χ1n) is 5.45. The zero-order valence-electron chi connectivity index (χ0n) is 9.17. The molecule has 0 aromatic rings. The number of aliphatic hydroxyl groups excluding tert-OH is 1. The Balaban J connectivity index is 2.06. The Labute approximate surface area is 93.4 Å². The standard InChI is InChI=1S/C10H16N2O4/c1-11(6-2-3-6)10(16)12-5-7(13)4-8(12)9(14)15/h6-8,13H,2-5H2,1H3,(H,14,15)/t7-,8+/m1/s1. The number of β-amino-alcohol motifs (C(OH)–C–C–N with tert-alkyl or cyclic N) is 1. The maximum absolute atomic E-state index is 12.0. The van der Waals surface area contributed by atoms with Gasteiger partial charge >= 0.3 is 12.0 Å². The molecule has 0 spiro atoms. The van der Waals surface area contributed by atoms with Gasteiger partial charge in [-0.3, -0.25) is 0 Å². The molecule has 0 aromatic heterocycles. The van der Waals surface area contributed by atoms with E-state index in [0.29, 0.717) is 0 Å². The first-order chi connectivity index (χ1) is 7.50. The highest BCUT2D eigenvalue weighted by Crippen LogP contribution is 2.28. The van der Waals surface area contributed by atoms with E-state index in [1.54, 1.807) is 11.9 Å². The van der Waals surface area contributed by atoms with Gasteiger partial charge in [0.25, 0.3) is 0 Å². The van der Waals surface area contributed by atoms with Crippen molar-refractivity contribution in [1.82, 2.24) is 9.80 Å². The van der Waals surface area contributed by atoms with E-state index >= 15 is 0 Å². The van der Waals surface area contributed by atoms with E-state index in [4.69, 9.17) is 5.11 Å². The summed E-state index contributed by atoms with van der Waals surface area (Å²) >= 11 is 0. The van der Waals surface area contributed by atoms with Gasteiger partial charge in [-0.1, -0.05) is 0 Å². The number of amides is 2. The topological polar surface area (TPSA) is 81.1 Å². The number of likely N-dealkylation sites (tertiary alicyclic amines) is 1. The number of carboxylic acid groups (broad SMARTS) is 1. The van der Waals surface area contributed by atoms with E-state index in [0.717, 1.165) is 12.8 Å². The predicted molar refractivity (Wildman–Crippen MR) is 54.9 cm³/mol. The molecule has 16 heavy (non-hydrogen) atoms. The lowest BCUT2D eigenvalue weighted by Gasteiger charge is -2.27. The minimum Gasteiger partial charge on any atom is -0.480 e. The van der Waals surface area contributed by atoms with Gasteiger partial charge in [-0.25, -0.2) is 9.59 Å². The van der Waals surface area contributed by atoms with Crippen LogP contribution in [0, 0.1) is 0 Å². The lowest BCUT2D eigenvalue weighted by Crippen LogP contribution is -2.47. The van der Waals surface area contributed by atoms with Crippen molar-refractivity contribution in [2.45, 2.75) is 37.5 Å². The minimum atomic E-state index is -1.05. The van der Waals surface area contributed by atoms with Gasteiger partial charge in [0.1, 0.15) is 6.04 Å². The van der Waals surface area contributed by atoms with Gasteiger partial charge in [0.2, 0.25) is 0 Å². The number of aliphatic hydroxyl groups is 1. The fraction of sp³-hybridized carbons (Fsp3) is 0.800. The van der Waals surface area contributed by atoms with Crippen LogP contribution in [0.15, 0.2) is 0 Å². The number of hydrogen-bond donors (Lipinski definition) is 2. The molecule has 0 unspecified atom stereocenters. The molecule has 90 valence electrons. The van der Waals surface area contributed by atoms with Gasteiger partial charge in [-0.2, -0.15) is 0 Å². The summed E-state index contributed by atoms with van der Waals surface area (Å²) in [5.41, 5.74) is 0. The maximum Gasteiger partial charge on any atom is 0.326 e. The van der Waals surface area contributed by atoms with Crippen LogP contribution in [-0.2, 0) is 4.79 Å². The van der Waals surface area contributed by atoms with E-state index in [9.17, 15) is 14.7 Å². The third-order valence-electron chi connectivity index (χ3n) is 3.21. The summed E-state index contributed by atoms with van der Waals surface area (Å²) in [5.74, 6) is -1.05. The number of carbonyl (C=O) groups excluding carboxylic acids is 1. The summed E-state index contributed by atoms with van der Waals surface area (Å²) in [5, 5.41) is 18.4. The fourth-order valence-corrected chi connectivity index (χ4v) is 2.08. The quantitative estimate of drug-likeness (QED) is 0.681. The van der Waals surface area contributed by atoms with E-state index in [2.05, 4.69) is 0 Å². The van der Waals surface area contributed by atoms with Crippen molar-refractivity contribution in [1.29, 1.82) is 0 Å². The van der Waals surface area contributed by atoms with Crippen molar-refractivity contribution < 1.29 is 19.8 Å². The van der Waals surface area contributed by atoms with E-state index in [-0.39, 0.29) is 25.0 Å². The second kappa shape index (κ2) is 3.93. The lowest BCUT2D eigenvalue weighted by atomic mass is 10.2. The Morgan fingerprint density at radius 2 is 2.00 bits per heavy atom. The first-order valence-corrected chi connectivity index (χ1v) is 5.45. The van der Waals surface area contributed by atoms with Gasteiger partial charge in [-0.15, -0.1) is 0 Å². The average Bonchev–Trinajstić information content (AvgIpc) is 2.99. The largest absolute Gasteiger partial charge is 0.480 e. The zero-order chi connectivity index (χ0) is 11.9. The molecule has 0 aromatic carbocycles. The Kier molecular flexibility index (Phi) is 2.75. The van der Waals surface area contributed by atoms with Gasteiger partial charge in [0.15, 0.2) is 0 Å². The van der Waals surface area contributed by atoms with Crippen molar-refractivity contribution in [2.75, 3.05) is 13.6 Å². The SMILES string of the molecule is CN(C(=O)N1C[C@H](O)C[C@H]1C(=O)O)C1CC1. The first kappa shape index (κ1) is 11.2. The zero-order valence-corrected chi connectivity index (χ0v) is 9.17. The highest BCUT2D eigenvalue weighted by molar-refractivity contribution is 5.83. The molecule has 0 radical (unpaired) electrons. The monoisotopic (exact) mass is 228 g/mol. The molecule has 2 N–H and O–H groups in total. The van der Waals surface area contributed by atoms with Crippen LogP contribution in [-0.4, -0.2) is 63.8 Å². The number of nitrogens with zero attached hydrogens (tertiary/aromatic N) is 2. The van der Waals surface area contributed by atoms with Crippen LogP contribution < -0.4 is 0 Å². The molecule has 2 rings (SSSR count). The van der Waals surface area contributed by atoms with Gasteiger partial charge in [0.05, 0.1) is 6.10 Å². The molecule has 1 aliphatic heterocycles. The number of carbonyl (C=O) groups is 2. The van der Waals surface area contributed by atoms with Crippen molar-refractivity contribution >= 4 is 12.0 Å². The minimum absolute atomic E-state index is 0.118. The van der Waals surface area contributed by atoms with Crippen molar-refractivity contribution in [3.8, 4) is 0 Å². The third kappa shape index (κ3) is 1.97. The van der Waals surface area contributed by atoms with Crippen LogP contribution in [0.5, 0.6) is 0 Å². The molecule has 6 nitrogen and oxygen atoms in total. The van der Waals surface area contributed by atoms with Crippen molar-refractivity contribution in [2.24, 2.45) is 0 Å². The predicted octanol–water partition coefficient (Wildman–Crippen LogP) is -0.280. The van der Waals surface area contributed by atoms with Crippen LogP contribution in [0.1, 0.15) is 19.3 Å². The Morgan fingerprint density at radius 1 is 1.38 bits per heavy atom. The van der Waals surface area contributed by atoms with Crippen LogP contribution in [0.4, 0.5) is 4.79 Å². The lowest BCUT2D eigenvalue weighted by molar-refractivity contribution is -0.141. The molecule has 2 aliphatic rings. The highest BCUT2D eigenvalue weighted by atomic mass is 16.4. The van der Waals surface area contributed by atoms with Crippen molar-refractivity contribution in [3.05, 3.63) is 0 Å². The van der Waals surface area contributed by atoms with E-state index < -0.39 is 18.1 Å². The summed E-state index contributed by atoms with van der Waals surface area (Å²) in [6.45, 7) is 0.118. The molecule has 1 heterocycles. The molecule has 2 atom stereocenters. The molecule has 6 heteroatoms. The number of urea groups is 1. The van der Waals surface area contributed by atoms with Crippen LogP contribution in [0.25, 0.3) is 0 Å². The van der Waals surface area contributed by atoms with E-state index in [1.165, 1.54) is 4.90 Å². The molecule has 1 aliphatic carbocycles. The number of rotatable bonds is 2. The molecule has 0 bridgehead atoms. The third-order valence-corrected chi connectivity index (χ3v) is 3.21. The smallest absolute Gasteiger partial charge is 0.326 e. The van der Waals surface area contributed by atoms with Crippen LogP contribution in [0.3, 0.4) is 0 Å². The van der Waals surface area contributed by atoms with Gasteiger partial charge in [-0.05, 0) is 12.8 Å². The Hall–Kier alpha value is -1.30. The second-order valence-electron chi connectivity index (χ2n) is 4.52. The highest BCUT2D eigenvalue weighted by Gasteiger charge is 2.42. The normalized spacial score (nSPS) is 29.2. The Morgan fingerprint density at radius 3 is 2.50 bits per heavy atom. The summed E-state index contributed by atoms with van der Waals surface area (Å²) in [4.78, 5) is 25.7. The molecule has 2 amide bonds. The molecular formula is C10H16N2O4. The van der Waals surface area contributed by atoms with Crippen LogP contribution >= 0.6 is 0 Å². The molecular weight excluding hydrogens is 212 g/mol. The second-order valence-corrected chi connectivity index (χ2v) is 4.52. The number of carboxylic acids is 1. The molecule has 1 saturated heterocycles. The van der Waals surface area contributed by atoms with Crippen LogP contribution in [0.2, 0.25) is 0 Å². The van der Waals surface area contributed by atoms with Crippen molar-refractivity contribution in [3.63, 3.8) is 0 Å². The number of hydrogen-bond acceptors (Lipinski definition) is 3. The average molecular weight is 228 g/mol. The summed E-state index contributed by atoms with van der Waals surface area (Å²) < 4.78 is 0. The van der Waals surface area contributed by atoms with Gasteiger partial charge < -0.3 is 20.0 Å². The van der Waals surface area contributed by atoms with Gasteiger partial charge in [0, 0.05) is 26.1 Å². The summed E-state index contributed by atoms with van der Waals surface area (Å²) in [6.07, 6.45) is 1.37. The fourth-order valence-electron chi connectivity index (χ4n) is 2.08.